The van der Waals surface area contributed by atoms with Gasteiger partial charge in [-0.25, -0.2) is 4.98 Å². The van der Waals surface area contributed by atoms with Crippen LogP contribution in [0.2, 0.25) is 0 Å². The number of benzene rings is 1. The van der Waals surface area contributed by atoms with Gasteiger partial charge in [-0.15, -0.1) is 11.3 Å². The van der Waals surface area contributed by atoms with Crippen LogP contribution in [-0.2, 0) is 6.54 Å². The minimum absolute atomic E-state index is 0.0848. The van der Waals surface area contributed by atoms with E-state index >= 15 is 0 Å². The molecule has 1 aromatic carbocycles. The number of aryl methyl sites for hydroxylation is 1. The maximum absolute atomic E-state index is 12.8. The minimum atomic E-state index is 0.0848. The molecule has 4 heteroatoms. The van der Waals surface area contributed by atoms with Crippen LogP contribution in [0.25, 0.3) is 21.3 Å². The van der Waals surface area contributed by atoms with E-state index in [4.69, 9.17) is 0 Å². The lowest BCUT2D eigenvalue weighted by Gasteiger charge is -2.06. The summed E-state index contributed by atoms with van der Waals surface area (Å²) in [6, 6.07) is 10.1. The quantitative estimate of drug-likeness (QED) is 0.618. The maximum atomic E-state index is 12.8. The first kappa shape index (κ1) is 15.0. The summed E-state index contributed by atoms with van der Waals surface area (Å²) in [5.74, 6) is 0. The Kier molecular flexibility index (Phi) is 4.68. The van der Waals surface area contributed by atoms with Crippen LogP contribution in [0.15, 0.2) is 46.8 Å². The molecule has 0 amide bonds. The smallest absolute Gasteiger partial charge is 0.262 e. The molecule has 0 fully saturated rings. The Morgan fingerprint density at radius 3 is 2.73 bits per heavy atom. The van der Waals surface area contributed by atoms with Gasteiger partial charge >= 0.3 is 0 Å². The molecule has 0 saturated heterocycles. The first-order chi connectivity index (χ1) is 10.8. The molecule has 0 radical (unpaired) electrons. The van der Waals surface area contributed by atoms with Crippen LogP contribution in [0.4, 0.5) is 0 Å². The molecule has 0 unspecified atom stereocenters. The molecule has 0 aliphatic carbocycles. The molecule has 3 aromatic rings. The standard InChI is InChI=1S/C18H20N2OS/c1-2-3-4-8-11-20-13-19-17-16(18(20)21)15(12-22-17)14-9-6-5-7-10-14/h5-7,9-10,12-13H,2-4,8,11H2,1H3. The first-order valence-corrected chi connectivity index (χ1v) is 8.71. The highest BCUT2D eigenvalue weighted by molar-refractivity contribution is 7.17. The topological polar surface area (TPSA) is 34.9 Å². The van der Waals surface area contributed by atoms with Crippen LogP contribution < -0.4 is 5.56 Å². The number of nitrogens with zero attached hydrogens (tertiary/aromatic N) is 2. The van der Waals surface area contributed by atoms with Crippen LogP contribution >= 0.6 is 11.3 Å². The molecule has 2 aromatic heterocycles. The van der Waals surface area contributed by atoms with Gasteiger partial charge in [0.1, 0.15) is 4.83 Å². The molecule has 0 aliphatic heterocycles. The third-order valence-corrected chi connectivity index (χ3v) is 4.78. The molecule has 0 saturated carbocycles. The predicted octanol–water partition coefficient (Wildman–Crippen LogP) is 4.71. The second-order valence-corrected chi connectivity index (χ2v) is 6.36. The molecule has 0 N–H and O–H groups in total. The van der Waals surface area contributed by atoms with Crippen molar-refractivity contribution in [1.82, 2.24) is 9.55 Å². The maximum Gasteiger partial charge on any atom is 0.262 e. The Hall–Kier alpha value is -1.94. The third kappa shape index (κ3) is 2.97. The average Bonchev–Trinajstić information content (AvgIpc) is 2.99. The summed E-state index contributed by atoms with van der Waals surface area (Å²) >= 11 is 1.54. The van der Waals surface area contributed by atoms with Crippen molar-refractivity contribution < 1.29 is 0 Å². The normalized spacial score (nSPS) is 11.1. The summed E-state index contributed by atoms with van der Waals surface area (Å²) in [5, 5.41) is 2.80. The monoisotopic (exact) mass is 312 g/mol. The number of hydrogen-bond donors (Lipinski definition) is 0. The van der Waals surface area contributed by atoms with E-state index in [0.717, 1.165) is 40.7 Å². The summed E-state index contributed by atoms with van der Waals surface area (Å²) < 4.78 is 1.76. The molecule has 2 heterocycles. The van der Waals surface area contributed by atoms with Gasteiger partial charge in [0.25, 0.3) is 5.56 Å². The van der Waals surface area contributed by atoms with Crippen molar-refractivity contribution in [3.8, 4) is 11.1 Å². The van der Waals surface area contributed by atoms with Gasteiger partial charge in [-0.3, -0.25) is 9.36 Å². The fourth-order valence-electron chi connectivity index (χ4n) is 2.67. The van der Waals surface area contributed by atoms with Crippen LogP contribution in [0.1, 0.15) is 32.6 Å². The van der Waals surface area contributed by atoms with E-state index in [1.165, 1.54) is 24.2 Å². The summed E-state index contributed by atoms with van der Waals surface area (Å²) in [6.07, 6.45) is 6.32. The Labute approximate surface area is 134 Å². The van der Waals surface area contributed by atoms with Gasteiger partial charge in [0, 0.05) is 17.5 Å². The highest BCUT2D eigenvalue weighted by atomic mass is 32.1. The van der Waals surface area contributed by atoms with Gasteiger partial charge in [0.15, 0.2) is 0 Å². The van der Waals surface area contributed by atoms with Gasteiger partial charge in [-0.2, -0.15) is 0 Å². The summed E-state index contributed by atoms with van der Waals surface area (Å²) in [5.41, 5.74) is 2.17. The molecule has 3 rings (SSSR count). The molecule has 114 valence electrons. The van der Waals surface area contributed by atoms with Crippen molar-refractivity contribution in [2.24, 2.45) is 0 Å². The third-order valence-electron chi connectivity index (χ3n) is 3.90. The van der Waals surface area contributed by atoms with Gasteiger partial charge in [-0.1, -0.05) is 56.5 Å². The Morgan fingerprint density at radius 1 is 1.14 bits per heavy atom. The van der Waals surface area contributed by atoms with E-state index in [9.17, 15) is 4.79 Å². The fourth-order valence-corrected chi connectivity index (χ4v) is 3.57. The summed E-state index contributed by atoms with van der Waals surface area (Å²) in [7, 11) is 0. The second kappa shape index (κ2) is 6.88. The molecule has 0 atom stereocenters. The highest BCUT2D eigenvalue weighted by Crippen LogP contribution is 2.30. The number of fused-ring (bicyclic) bond motifs is 1. The second-order valence-electron chi connectivity index (χ2n) is 5.50. The van der Waals surface area contributed by atoms with E-state index in [0.29, 0.717) is 0 Å². The van der Waals surface area contributed by atoms with Crippen molar-refractivity contribution >= 4 is 21.6 Å². The number of rotatable bonds is 6. The minimum Gasteiger partial charge on any atom is -0.299 e. The van der Waals surface area contributed by atoms with Crippen molar-refractivity contribution in [1.29, 1.82) is 0 Å². The lowest BCUT2D eigenvalue weighted by atomic mass is 10.1. The molecule has 0 spiro atoms. The van der Waals surface area contributed by atoms with Gasteiger partial charge in [0.05, 0.1) is 11.7 Å². The van der Waals surface area contributed by atoms with Crippen LogP contribution in [0, 0.1) is 0 Å². The first-order valence-electron chi connectivity index (χ1n) is 7.83. The zero-order valence-corrected chi connectivity index (χ0v) is 13.6. The van der Waals surface area contributed by atoms with Crippen LogP contribution in [0.5, 0.6) is 0 Å². The molecule has 0 bridgehead atoms. The van der Waals surface area contributed by atoms with E-state index < -0.39 is 0 Å². The van der Waals surface area contributed by atoms with Gasteiger partial charge < -0.3 is 0 Å². The molecule has 3 nitrogen and oxygen atoms in total. The van der Waals surface area contributed by atoms with E-state index in [2.05, 4.69) is 11.9 Å². The Balaban J connectivity index is 1.97. The predicted molar refractivity (Wildman–Crippen MR) is 93.5 cm³/mol. The van der Waals surface area contributed by atoms with Crippen LogP contribution in [0.3, 0.4) is 0 Å². The fraction of sp³-hybridized carbons (Fsp3) is 0.333. The van der Waals surface area contributed by atoms with Crippen molar-refractivity contribution in [2.75, 3.05) is 0 Å². The van der Waals surface area contributed by atoms with Crippen molar-refractivity contribution in [2.45, 2.75) is 39.2 Å². The largest absolute Gasteiger partial charge is 0.299 e. The van der Waals surface area contributed by atoms with Crippen molar-refractivity contribution in [3.63, 3.8) is 0 Å². The van der Waals surface area contributed by atoms with E-state index in [-0.39, 0.29) is 5.56 Å². The lowest BCUT2D eigenvalue weighted by molar-refractivity contribution is 0.568. The van der Waals surface area contributed by atoms with Gasteiger partial charge in [0.2, 0.25) is 0 Å². The lowest BCUT2D eigenvalue weighted by Crippen LogP contribution is -2.20. The molecular formula is C18H20N2OS. The Bertz CT molecular complexity index is 805. The zero-order chi connectivity index (χ0) is 15.4. The van der Waals surface area contributed by atoms with E-state index in [1.54, 1.807) is 10.9 Å². The summed E-state index contributed by atoms with van der Waals surface area (Å²) in [6.45, 7) is 2.95. The number of hydrogen-bond acceptors (Lipinski definition) is 3. The number of thiophene rings is 1. The average molecular weight is 312 g/mol. The van der Waals surface area contributed by atoms with Crippen molar-refractivity contribution in [3.05, 3.63) is 52.4 Å². The number of aromatic nitrogens is 2. The van der Waals surface area contributed by atoms with E-state index in [1.807, 2.05) is 35.7 Å². The Morgan fingerprint density at radius 2 is 1.95 bits per heavy atom. The summed E-state index contributed by atoms with van der Waals surface area (Å²) in [4.78, 5) is 18.1. The zero-order valence-electron chi connectivity index (χ0n) is 12.8. The molecule has 0 aliphatic rings. The van der Waals surface area contributed by atoms with Gasteiger partial charge in [-0.05, 0) is 12.0 Å². The molecule has 22 heavy (non-hydrogen) atoms. The molecular weight excluding hydrogens is 292 g/mol. The SMILES string of the molecule is CCCCCCn1cnc2scc(-c3ccccc3)c2c1=O. The number of unbranched alkanes of at least 4 members (excludes halogenated alkanes) is 3. The highest BCUT2D eigenvalue weighted by Gasteiger charge is 2.12. The van der Waals surface area contributed by atoms with Crippen LogP contribution in [-0.4, -0.2) is 9.55 Å².